The van der Waals surface area contributed by atoms with Crippen molar-refractivity contribution in [3.8, 4) is 0 Å². The van der Waals surface area contributed by atoms with Crippen LogP contribution >= 0.6 is 0 Å². The van der Waals surface area contributed by atoms with E-state index < -0.39 is 16.9 Å². The van der Waals surface area contributed by atoms with Gasteiger partial charge in [0.1, 0.15) is 0 Å². The third-order valence-corrected chi connectivity index (χ3v) is 2.79. The Morgan fingerprint density at radius 2 is 1.78 bits per heavy atom. The predicted molar refractivity (Wildman–Crippen MR) is 61.5 cm³/mol. The fourth-order valence-electron chi connectivity index (χ4n) is 1.77. The number of fused-ring (bicyclic) bond motifs is 1. The molecule has 0 radical (unpaired) electrons. The zero-order valence-electron chi connectivity index (χ0n) is 10.1. The summed E-state index contributed by atoms with van der Waals surface area (Å²) in [5.74, 6) is -1.79. The van der Waals surface area contributed by atoms with Gasteiger partial charge in [-0.3, -0.25) is 10.1 Å². The number of carbonyl (C=O) groups is 2. The van der Waals surface area contributed by atoms with Crippen LogP contribution in [-0.2, 0) is 10.2 Å². The van der Waals surface area contributed by atoms with Crippen molar-refractivity contribution < 1.29 is 19.2 Å². The summed E-state index contributed by atoms with van der Waals surface area (Å²) >= 11 is 0. The molecule has 0 N–H and O–H groups in total. The molecule has 1 aliphatic heterocycles. The molecule has 1 aliphatic rings. The maximum Gasteiger partial charge on any atom is 0.353 e. The minimum atomic E-state index is -0.956. The Kier molecular flexibility index (Phi) is 2.46. The van der Waals surface area contributed by atoms with Crippen molar-refractivity contribution in [1.82, 2.24) is 0 Å². The van der Waals surface area contributed by atoms with Gasteiger partial charge in [-0.1, -0.05) is 20.8 Å². The average molecular weight is 249 g/mol. The van der Waals surface area contributed by atoms with E-state index in [1.165, 1.54) is 12.1 Å². The van der Waals surface area contributed by atoms with Crippen molar-refractivity contribution in [2.75, 3.05) is 0 Å². The second kappa shape index (κ2) is 3.63. The standard InChI is InChI=1S/C12H11NO5/c1-12(2,3)6-4-7-9(8(5-6)13(16)17)11(15)18-10(7)14/h4-5H,1-3H3. The minimum absolute atomic E-state index is 0.0286. The molecule has 2 rings (SSSR count). The van der Waals surface area contributed by atoms with Crippen LogP contribution in [0.5, 0.6) is 0 Å². The number of nitrogens with zero attached hydrogens (tertiary/aromatic N) is 1. The molecular formula is C12H11NO5. The molecule has 1 heterocycles. The van der Waals surface area contributed by atoms with Crippen molar-refractivity contribution in [3.05, 3.63) is 38.9 Å². The smallest absolute Gasteiger partial charge is 0.353 e. The second-order valence-electron chi connectivity index (χ2n) is 5.10. The number of carbonyl (C=O) groups excluding carboxylic acids is 2. The van der Waals surface area contributed by atoms with E-state index in [4.69, 9.17) is 0 Å². The average Bonchev–Trinajstić information content (AvgIpc) is 2.52. The maximum absolute atomic E-state index is 11.5. The largest absolute Gasteiger partial charge is 0.385 e. The number of esters is 2. The molecule has 0 unspecified atom stereocenters. The van der Waals surface area contributed by atoms with E-state index >= 15 is 0 Å². The first-order valence-electron chi connectivity index (χ1n) is 5.31. The van der Waals surface area contributed by atoms with Crippen molar-refractivity contribution >= 4 is 17.6 Å². The molecule has 0 fully saturated rings. The highest BCUT2D eigenvalue weighted by molar-refractivity contribution is 6.17. The fraction of sp³-hybridized carbons (Fsp3) is 0.333. The lowest BCUT2D eigenvalue weighted by Crippen LogP contribution is -2.13. The molecule has 0 aromatic heterocycles. The highest BCUT2D eigenvalue weighted by Crippen LogP contribution is 2.34. The topological polar surface area (TPSA) is 86.5 Å². The van der Waals surface area contributed by atoms with Gasteiger partial charge in [0.05, 0.1) is 10.5 Å². The first kappa shape index (κ1) is 12.2. The lowest BCUT2D eigenvalue weighted by atomic mass is 9.85. The van der Waals surface area contributed by atoms with Crippen LogP contribution in [0.15, 0.2) is 12.1 Å². The zero-order valence-corrected chi connectivity index (χ0v) is 10.1. The minimum Gasteiger partial charge on any atom is -0.385 e. The van der Waals surface area contributed by atoms with Gasteiger partial charge in [0.25, 0.3) is 5.69 Å². The molecule has 0 amide bonds. The lowest BCUT2D eigenvalue weighted by molar-refractivity contribution is -0.385. The van der Waals surface area contributed by atoms with Crippen LogP contribution in [0.4, 0.5) is 5.69 Å². The third kappa shape index (κ3) is 1.75. The number of hydrogen-bond acceptors (Lipinski definition) is 5. The van der Waals surface area contributed by atoms with Gasteiger partial charge in [-0.25, -0.2) is 9.59 Å². The lowest BCUT2D eigenvalue weighted by Gasteiger charge is -2.19. The van der Waals surface area contributed by atoms with E-state index in [0.29, 0.717) is 5.56 Å². The van der Waals surface area contributed by atoms with Crippen LogP contribution in [0.25, 0.3) is 0 Å². The molecular weight excluding hydrogens is 238 g/mol. The van der Waals surface area contributed by atoms with E-state index in [1.807, 2.05) is 20.8 Å². The van der Waals surface area contributed by atoms with E-state index in [-0.39, 0.29) is 22.2 Å². The zero-order chi connectivity index (χ0) is 13.7. The van der Waals surface area contributed by atoms with Gasteiger partial charge in [0.2, 0.25) is 0 Å². The van der Waals surface area contributed by atoms with Gasteiger partial charge < -0.3 is 4.74 Å². The Labute approximate surface area is 103 Å². The molecule has 94 valence electrons. The van der Waals surface area contributed by atoms with Gasteiger partial charge in [0.15, 0.2) is 5.56 Å². The quantitative estimate of drug-likeness (QED) is 0.329. The maximum atomic E-state index is 11.5. The highest BCUT2D eigenvalue weighted by Gasteiger charge is 2.38. The van der Waals surface area contributed by atoms with Gasteiger partial charge in [-0.2, -0.15) is 0 Å². The number of nitro groups is 1. The molecule has 0 saturated carbocycles. The van der Waals surface area contributed by atoms with Gasteiger partial charge in [-0.15, -0.1) is 0 Å². The number of ether oxygens (including phenoxy) is 1. The Bertz CT molecular complexity index is 583. The van der Waals surface area contributed by atoms with Crippen molar-refractivity contribution in [3.63, 3.8) is 0 Å². The summed E-state index contributed by atoms with van der Waals surface area (Å²) in [4.78, 5) is 33.2. The molecule has 0 saturated heterocycles. The van der Waals surface area contributed by atoms with E-state index in [0.717, 1.165) is 0 Å². The van der Waals surface area contributed by atoms with Crippen LogP contribution in [0.2, 0.25) is 0 Å². The summed E-state index contributed by atoms with van der Waals surface area (Å²) in [6.45, 7) is 5.58. The van der Waals surface area contributed by atoms with Gasteiger partial charge >= 0.3 is 11.9 Å². The summed E-state index contributed by atoms with van der Waals surface area (Å²) in [7, 11) is 0. The summed E-state index contributed by atoms with van der Waals surface area (Å²) < 4.78 is 4.41. The molecule has 1 aromatic carbocycles. The molecule has 1 aromatic rings. The molecule has 6 heteroatoms. The molecule has 18 heavy (non-hydrogen) atoms. The van der Waals surface area contributed by atoms with E-state index in [2.05, 4.69) is 4.74 Å². The third-order valence-electron chi connectivity index (χ3n) is 2.79. The Morgan fingerprint density at radius 1 is 1.17 bits per heavy atom. The predicted octanol–water partition coefficient (Wildman–Crippen LogP) is 2.20. The van der Waals surface area contributed by atoms with Gasteiger partial charge in [-0.05, 0) is 17.0 Å². The summed E-state index contributed by atoms with van der Waals surface area (Å²) in [6, 6.07) is 2.80. The Hall–Kier alpha value is -2.24. The Balaban J connectivity index is 2.78. The van der Waals surface area contributed by atoms with E-state index in [1.54, 1.807) is 0 Å². The van der Waals surface area contributed by atoms with Crippen molar-refractivity contribution in [1.29, 1.82) is 0 Å². The summed E-state index contributed by atoms with van der Waals surface area (Å²) in [5.41, 5.74) is -0.420. The first-order valence-corrected chi connectivity index (χ1v) is 5.31. The number of rotatable bonds is 1. The first-order chi connectivity index (χ1) is 8.21. The monoisotopic (exact) mass is 249 g/mol. The van der Waals surface area contributed by atoms with E-state index in [9.17, 15) is 19.7 Å². The van der Waals surface area contributed by atoms with Crippen LogP contribution in [-0.4, -0.2) is 16.9 Å². The summed E-state index contributed by atoms with van der Waals surface area (Å²) in [6.07, 6.45) is 0. The van der Waals surface area contributed by atoms with Gasteiger partial charge in [0, 0.05) is 6.07 Å². The number of benzene rings is 1. The second-order valence-corrected chi connectivity index (χ2v) is 5.10. The number of hydrogen-bond donors (Lipinski definition) is 0. The fourth-order valence-corrected chi connectivity index (χ4v) is 1.77. The Morgan fingerprint density at radius 3 is 2.28 bits per heavy atom. The van der Waals surface area contributed by atoms with Crippen LogP contribution in [0, 0.1) is 10.1 Å². The highest BCUT2D eigenvalue weighted by atomic mass is 16.6. The SMILES string of the molecule is CC(C)(C)c1cc2c(c([N+](=O)[O-])c1)C(=O)OC2=O. The van der Waals surface area contributed by atoms with Crippen molar-refractivity contribution in [2.45, 2.75) is 26.2 Å². The number of cyclic esters (lactones) is 2. The van der Waals surface area contributed by atoms with Crippen LogP contribution in [0.3, 0.4) is 0 Å². The van der Waals surface area contributed by atoms with Crippen LogP contribution < -0.4 is 0 Å². The molecule has 0 aliphatic carbocycles. The molecule has 6 nitrogen and oxygen atoms in total. The number of nitro benzene ring substituents is 1. The van der Waals surface area contributed by atoms with Crippen LogP contribution in [0.1, 0.15) is 47.1 Å². The normalized spacial score (nSPS) is 14.4. The molecule has 0 spiro atoms. The molecule has 0 atom stereocenters. The summed E-state index contributed by atoms with van der Waals surface area (Å²) in [5, 5.41) is 11.0. The van der Waals surface area contributed by atoms with Crippen molar-refractivity contribution in [2.24, 2.45) is 0 Å². The molecule has 0 bridgehead atoms.